The second-order valence-corrected chi connectivity index (χ2v) is 11.8. The summed E-state index contributed by atoms with van der Waals surface area (Å²) in [6.45, 7) is 8.69. The van der Waals surface area contributed by atoms with Crippen molar-refractivity contribution in [3.63, 3.8) is 0 Å². The molecule has 3 aliphatic rings. The van der Waals surface area contributed by atoms with Crippen LogP contribution in [0.5, 0.6) is 0 Å². The minimum Gasteiger partial charge on any atom is -0.395 e. The normalized spacial score (nSPS) is 22.7. The van der Waals surface area contributed by atoms with E-state index in [9.17, 15) is 9.59 Å². The zero-order chi connectivity index (χ0) is 31.4. The molecular weight excluding hydrogens is 556 g/mol. The Bertz CT molecular complexity index is 1690. The van der Waals surface area contributed by atoms with E-state index in [4.69, 9.17) is 10.2 Å². The van der Waals surface area contributed by atoms with Crippen LogP contribution in [0.2, 0.25) is 0 Å². The van der Waals surface area contributed by atoms with Crippen LogP contribution in [0, 0.1) is 13.8 Å². The fraction of sp³-hybridized carbons (Fsp3) is 0.412. The number of aliphatic hydroxyl groups excluding tert-OH is 2. The molecule has 0 radical (unpaired) electrons. The molecule has 0 saturated carbocycles. The van der Waals surface area contributed by atoms with E-state index in [1.807, 2.05) is 0 Å². The van der Waals surface area contributed by atoms with Gasteiger partial charge in [0.1, 0.15) is 0 Å². The Labute approximate surface area is 257 Å². The molecule has 0 saturated heterocycles. The van der Waals surface area contributed by atoms with Crippen LogP contribution >= 0.6 is 0 Å². The van der Waals surface area contributed by atoms with Gasteiger partial charge in [0.05, 0.1) is 25.3 Å². The third-order valence-electron chi connectivity index (χ3n) is 8.64. The number of fused-ring (bicyclic) bond motifs is 8. The Morgan fingerprint density at radius 3 is 2.23 bits per heavy atom. The summed E-state index contributed by atoms with van der Waals surface area (Å²) in [4.78, 5) is 32.2. The number of carbonyl (C=O) groups is 2. The number of H-pyrrole nitrogens is 2. The molecule has 5 rings (SSSR count). The minimum atomic E-state index is -0.106. The third kappa shape index (κ3) is 6.92. The number of aromatic nitrogens is 2. The Morgan fingerprint density at radius 2 is 1.52 bits per heavy atom. The predicted octanol–water partition coefficient (Wildman–Crippen LogP) is 1.05. The molecule has 0 aromatic carbocycles. The monoisotopic (exact) mass is 600 g/mol. The van der Waals surface area contributed by atoms with Crippen molar-refractivity contribution in [1.82, 2.24) is 31.2 Å². The van der Waals surface area contributed by atoms with Crippen LogP contribution in [0.1, 0.15) is 61.2 Å². The zero-order valence-electron chi connectivity index (χ0n) is 26.0. The summed E-state index contributed by atoms with van der Waals surface area (Å²) < 4.78 is 0. The van der Waals surface area contributed by atoms with E-state index >= 15 is 0 Å². The topological polar surface area (TPSA) is 154 Å². The minimum absolute atomic E-state index is 0.0609. The molecule has 44 heavy (non-hydrogen) atoms. The van der Waals surface area contributed by atoms with E-state index in [2.05, 4.69) is 95.4 Å². The van der Waals surface area contributed by atoms with Gasteiger partial charge in [-0.1, -0.05) is 0 Å². The first kappa shape index (κ1) is 31.2. The van der Waals surface area contributed by atoms with Crippen molar-refractivity contribution in [3.8, 4) is 0 Å². The van der Waals surface area contributed by atoms with Gasteiger partial charge in [-0.15, -0.1) is 0 Å². The van der Waals surface area contributed by atoms with Crippen molar-refractivity contribution in [3.05, 3.63) is 79.0 Å². The molecule has 0 aliphatic carbocycles. The molecule has 0 spiro atoms. The molecule has 2 aromatic rings. The molecule has 3 aliphatic heterocycles. The second kappa shape index (κ2) is 13.6. The highest BCUT2D eigenvalue weighted by molar-refractivity contribution is 5.78. The van der Waals surface area contributed by atoms with E-state index in [-0.39, 0.29) is 50.2 Å². The summed E-state index contributed by atoms with van der Waals surface area (Å²) in [6.07, 6.45) is 12.5. The number of hydrogen-bond donors (Lipinski definition) is 8. The third-order valence-corrected chi connectivity index (χ3v) is 8.64. The molecule has 8 N–H and O–H groups in total. The number of hydrogen-bond acceptors (Lipinski definition) is 6. The molecule has 2 atom stereocenters. The van der Waals surface area contributed by atoms with Crippen molar-refractivity contribution in [2.75, 3.05) is 26.3 Å². The van der Waals surface area contributed by atoms with Gasteiger partial charge in [-0.05, 0) is 110 Å². The number of rotatable bonds is 10. The van der Waals surface area contributed by atoms with E-state index < -0.39 is 0 Å². The van der Waals surface area contributed by atoms with E-state index in [0.717, 1.165) is 61.3 Å². The summed E-state index contributed by atoms with van der Waals surface area (Å²) in [7, 11) is 0. The van der Waals surface area contributed by atoms with Crippen molar-refractivity contribution < 1.29 is 19.8 Å². The van der Waals surface area contributed by atoms with Gasteiger partial charge in [0.2, 0.25) is 11.8 Å². The number of aliphatic hydroxyl groups is 2. The molecule has 8 bridgehead atoms. The van der Waals surface area contributed by atoms with Gasteiger partial charge in [0, 0.05) is 59.4 Å². The van der Waals surface area contributed by atoms with Gasteiger partial charge in [0.15, 0.2) is 0 Å². The van der Waals surface area contributed by atoms with Gasteiger partial charge in [-0.25, -0.2) is 0 Å². The first-order valence-electron chi connectivity index (χ1n) is 15.4. The zero-order valence-corrected chi connectivity index (χ0v) is 26.0. The van der Waals surface area contributed by atoms with Crippen LogP contribution in [-0.4, -0.2) is 70.4 Å². The molecular formula is C34H44N6O4. The first-order valence-corrected chi connectivity index (χ1v) is 15.4. The molecule has 10 heteroatoms. The molecule has 5 heterocycles. The number of aryl methyl sites for hydroxylation is 1. The van der Waals surface area contributed by atoms with Crippen molar-refractivity contribution in [1.29, 1.82) is 0 Å². The summed E-state index contributed by atoms with van der Waals surface area (Å²) in [5.74, 6) is -0.208. The van der Waals surface area contributed by atoms with Crippen LogP contribution < -0.4 is 32.0 Å². The smallest absolute Gasteiger partial charge is 0.220 e. The molecule has 0 fully saturated rings. The Balaban J connectivity index is 1.61. The van der Waals surface area contributed by atoms with Crippen molar-refractivity contribution in [2.24, 2.45) is 0 Å². The average Bonchev–Trinajstić information content (AvgIpc) is 3.69. The lowest BCUT2D eigenvalue weighted by atomic mass is 9.99. The van der Waals surface area contributed by atoms with Crippen molar-refractivity contribution >= 4 is 36.1 Å². The van der Waals surface area contributed by atoms with Crippen LogP contribution in [0.15, 0.2) is 40.3 Å². The van der Waals surface area contributed by atoms with Gasteiger partial charge in [-0.3, -0.25) is 9.59 Å². The van der Waals surface area contributed by atoms with Gasteiger partial charge in [-0.2, -0.15) is 0 Å². The second-order valence-electron chi connectivity index (χ2n) is 11.8. The molecule has 234 valence electrons. The van der Waals surface area contributed by atoms with Crippen molar-refractivity contribution in [2.45, 2.75) is 65.5 Å². The standard InChI is InChI=1S/C34H44N6O4/c1-19-13-24-16-29-21(3)25(5-7-33(43)35-9-11-41)31(39-29)18-32-26(6-8-34(44)36-10-12-42)22(4)30(40-32)17-28-20(2)14-23(38-28)15-27(19)37-24/h13-18,27,30,37-42H,5-12H2,1-4H3,(H,35,43)(H,36,44)/b23-15-,24-16-,28-17-,32-18-. The quantitative estimate of drug-likeness (QED) is 0.204. The van der Waals surface area contributed by atoms with Crippen LogP contribution in [-0.2, 0) is 16.0 Å². The lowest BCUT2D eigenvalue weighted by Gasteiger charge is -2.10. The lowest BCUT2D eigenvalue weighted by molar-refractivity contribution is -0.122. The number of carbonyl (C=O) groups excluding carboxylic acids is 2. The predicted molar refractivity (Wildman–Crippen MR) is 173 cm³/mol. The average molecular weight is 601 g/mol. The SMILES string of the molecule is CC1=C/C2=C/c3[nH]c(c(CCC(=O)NCCO)c3C)/C=C3\NC(/C=c4\[nH]/c(cc4C)=C\C1N2)C(C)=C3CCC(=O)NCCO. The fourth-order valence-corrected chi connectivity index (χ4v) is 6.14. The lowest BCUT2D eigenvalue weighted by Crippen LogP contribution is -2.26. The van der Waals surface area contributed by atoms with E-state index in [0.29, 0.717) is 25.7 Å². The molecule has 10 nitrogen and oxygen atoms in total. The van der Waals surface area contributed by atoms with Crippen LogP contribution in [0.25, 0.3) is 24.3 Å². The van der Waals surface area contributed by atoms with E-state index in [1.54, 1.807) is 0 Å². The maximum absolute atomic E-state index is 12.5. The van der Waals surface area contributed by atoms with E-state index in [1.165, 1.54) is 5.57 Å². The molecule has 2 aromatic heterocycles. The highest BCUT2D eigenvalue weighted by atomic mass is 16.3. The van der Waals surface area contributed by atoms with Gasteiger partial charge in [0.25, 0.3) is 0 Å². The summed E-state index contributed by atoms with van der Waals surface area (Å²) in [5.41, 5.74) is 10.5. The Kier molecular flexibility index (Phi) is 9.61. The molecule has 2 unspecified atom stereocenters. The Morgan fingerprint density at radius 1 is 0.818 bits per heavy atom. The number of nitrogens with one attached hydrogen (secondary N) is 6. The fourth-order valence-electron chi connectivity index (χ4n) is 6.14. The Hall–Kier alpha value is -4.28. The van der Waals surface area contributed by atoms with Crippen LogP contribution in [0.4, 0.5) is 0 Å². The van der Waals surface area contributed by atoms with Gasteiger partial charge < -0.3 is 41.4 Å². The number of aromatic amines is 2. The largest absolute Gasteiger partial charge is 0.395 e. The number of allylic oxidation sites excluding steroid dienone is 2. The summed E-state index contributed by atoms with van der Waals surface area (Å²) in [6, 6.07) is 2.16. The highest BCUT2D eigenvalue weighted by Gasteiger charge is 2.26. The number of amides is 2. The summed E-state index contributed by atoms with van der Waals surface area (Å²) >= 11 is 0. The first-order chi connectivity index (χ1) is 21.2. The molecule has 2 amide bonds. The van der Waals surface area contributed by atoms with Crippen LogP contribution in [0.3, 0.4) is 0 Å². The maximum atomic E-state index is 12.5. The highest BCUT2D eigenvalue weighted by Crippen LogP contribution is 2.32. The summed E-state index contributed by atoms with van der Waals surface area (Å²) in [5, 5.41) is 33.2. The van der Waals surface area contributed by atoms with Gasteiger partial charge >= 0.3 is 0 Å². The maximum Gasteiger partial charge on any atom is 0.220 e.